The number of nitrogens with one attached hydrogen (secondary N) is 1. The summed E-state index contributed by atoms with van der Waals surface area (Å²) in [6.45, 7) is 0.539. The van der Waals surface area contributed by atoms with Crippen molar-refractivity contribution in [2.24, 2.45) is 0 Å². The van der Waals surface area contributed by atoms with Crippen molar-refractivity contribution >= 4 is 29.7 Å². The lowest BCUT2D eigenvalue weighted by atomic mass is 10.1. The van der Waals surface area contributed by atoms with Crippen molar-refractivity contribution in [3.05, 3.63) is 46.2 Å². The molecule has 1 amide bonds. The van der Waals surface area contributed by atoms with Crippen LogP contribution in [0.3, 0.4) is 0 Å². The third-order valence-corrected chi connectivity index (χ3v) is 4.35. The number of likely N-dealkylation sites (N-methyl/N-ethyl adjacent to an activating group) is 1. The summed E-state index contributed by atoms with van der Waals surface area (Å²) >= 11 is 1.66. The molecule has 1 atom stereocenters. The summed E-state index contributed by atoms with van der Waals surface area (Å²) in [6, 6.07) is 7.37. The average molecular weight is 371 g/mol. The lowest BCUT2D eigenvalue weighted by Crippen LogP contribution is -2.34. The fourth-order valence-electron chi connectivity index (χ4n) is 2.33. The van der Waals surface area contributed by atoms with Crippen LogP contribution in [0.4, 0.5) is 0 Å². The molecular weight excluding hydrogens is 348 g/mol. The zero-order chi connectivity index (χ0) is 16.8. The van der Waals surface area contributed by atoms with Gasteiger partial charge in [-0.15, -0.1) is 12.4 Å². The number of methoxy groups -OCH3 is 2. The van der Waals surface area contributed by atoms with E-state index in [2.05, 4.69) is 21.7 Å². The zero-order valence-electron chi connectivity index (χ0n) is 14.2. The highest BCUT2D eigenvalue weighted by Gasteiger charge is 2.17. The maximum Gasteiger partial charge on any atom is 0.251 e. The topological polar surface area (TPSA) is 50.8 Å². The molecule has 2 aromatic rings. The second-order valence-electron chi connectivity index (χ2n) is 5.32. The Morgan fingerprint density at radius 3 is 2.46 bits per heavy atom. The molecule has 0 radical (unpaired) electrons. The molecule has 1 heterocycles. The molecule has 1 aromatic heterocycles. The van der Waals surface area contributed by atoms with Crippen LogP contribution in [0, 0.1) is 0 Å². The molecule has 1 N–H and O–H groups in total. The molecule has 24 heavy (non-hydrogen) atoms. The number of amides is 1. The van der Waals surface area contributed by atoms with E-state index in [4.69, 9.17) is 9.47 Å². The molecule has 1 unspecified atom stereocenters. The third-order valence-electron chi connectivity index (χ3n) is 3.65. The number of hydrogen-bond donors (Lipinski definition) is 1. The Balaban J connectivity index is 0.00000288. The van der Waals surface area contributed by atoms with Crippen LogP contribution in [-0.2, 0) is 0 Å². The minimum atomic E-state index is -0.131. The number of hydrogen-bond acceptors (Lipinski definition) is 5. The highest BCUT2D eigenvalue weighted by Crippen LogP contribution is 2.27. The van der Waals surface area contributed by atoms with Crippen molar-refractivity contribution in [1.82, 2.24) is 10.2 Å². The quantitative estimate of drug-likeness (QED) is 0.813. The second kappa shape index (κ2) is 9.52. The van der Waals surface area contributed by atoms with E-state index in [0.717, 1.165) is 0 Å². The summed E-state index contributed by atoms with van der Waals surface area (Å²) in [5.41, 5.74) is 1.75. The Hall–Kier alpha value is -1.76. The average Bonchev–Trinajstić information content (AvgIpc) is 3.08. The number of halogens is 1. The summed E-state index contributed by atoms with van der Waals surface area (Å²) in [7, 11) is 7.13. The van der Waals surface area contributed by atoms with Crippen molar-refractivity contribution in [3.63, 3.8) is 0 Å². The van der Waals surface area contributed by atoms with Gasteiger partial charge in [0.1, 0.15) is 0 Å². The largest absolute Gasteiger partial charge is 0.493 e. The minimum Gasteiger partial charge on any atom is -0.493 e. The summed E-state index contributed by atoms with van der Waals surface area (Å²) in [6.07, 6.45) is 0. The molecule has 0 saturated heterocycles. The molecule has 0 spiro atoms. The molecule has 132 valence electrons. The number of ether oxygens (including phenoxy) is 2. The lowest BCUT2D eigenvalue weighted by molar-refractivity contribution is 0.0941. The summed E-state index contributed by atoms with van der Waals surface area (Å²) in [5.74, 6) is 1.02. The van der Waals surface area contributed by atoms with E-state index >= 15 is 0 Å². The van der Waals surface area contributed by atoms with Gasteiger partial charge in [-0.1, -0.05) is 0 Å². The van der Waals surface area contributed by atoms with Crippen LogP contribution in [-0.4, -0.2) is 45.7 Å². The van der Waals surface area contributed by atoms with Crippen LogP contribution in [0.5, 0.6) is 11.5 Å². The fraction of sp³-hybridized carbons (Fsp3) is 0.353. The van der Waals surface area contributed by atoms with E-state index in [9.17, 15) is 4.79 Å². The van der Waals surface area contributed by atoms with Crippen LogP contribution in [0.15, 0.2) is 35.0 Å². The molecule has 0 aliphatic heterocycles. The van der Waals surface area contributed by atoms with Crippen molar-refractivity contribution in [2.45, 2.75) is 6.04 Å². The monoisotopic (exact) mass is 370 g/mol. The SMILES string of the molecule is COc1ccc(C(=O)NCC(c2ccsc2)N(C)C)cc1OC.Cl. The Bertz CT molecular complexity index is 647. The maximum atomic E-state index is 12.4. The zero-order valence-corrected chi connectivity index (χ0v) is 15.9. The summed E-state index contributed by atoms with van der Waals surface area (Å²) < 4.78 is 10.4. The highest BCUT2D eigenvalue weighted by atomic mass is 35.5. The van der Waals surface area contributed by atoms with Crippen LogP contribution < -0.4 is 14.8 Å². The molecule has 0 aliphatic rings. The highest BCUT2D eigenvalue weighted by molar-refractivity contribution is 7.07. The number of thiophene rings is 1. The van der Waals surface area contributed by atoms with Gasteiger partial charge in [0.2, 0.25) is 0 Å². The van der Waals surface area contributed by atoms with Crippen LogP contribution in [0.1, 0.15) is 22.0 Å². The van der Waals surface area contributed by atoms with Gasteiger partial charge in [-0.3, -0.25) is 4.79 Å². The van der Waals surface area contributed by atoms with Gasteiger partial charge in [-0.2, -0.15) is 11.3 Å². The molecule has 5 nitrogen and oxygen atoms in total. The van der Waals surface area contributed by atoms with E-state index in [-0.39, 0.29) is 24.4 Å². The number of nitrogens with zero attached hydrogens (tertiary/aromatic N) is 1. The predicted molar refractivity (Wildman–Crippen MR) is 99.9 cm³/mol. The van der Waals surface area contributed by atoms with Crippen molar-refractivity contribution < 1.29 is 14.3 Å². The van der Waals surface area contributed by atoms with E-state index in [1.165, 1.54) is 5.56 Å². The Morgan fingerprint density at radius 2 is 1.92 bits per heavy atom. The third kappa shape index (κ3) is 4.87. The fourth-order valence-corrected chi connectivity index (χ4v) is 3.04. The molecule has 0 saturated carbocycles. The second-order valence-corrected chi connectivity index (χ2v) is 6.10. The van der Waals surface area contributed by atoms with Gasteiger partial charge in [-0.25, -0.2) is 0 Å². The van der Waals surface area contributed by atoms with Gasteiger partial charge >= 0.3 is 0 Å². The van der Waals surface area contributed by atoms with Crippen LogP contribution >= 0.6 is 23.7 Å². The van der Waals surface area contributed by atoms with Gasteiger partial charge in [0, 0.05) is 12.1 Å². The predicted octanol–water partition coefficient (Wildman–Crippen LogP) is 3.22. The molecule has 0 aliphatic carbocycles. The molecule has 2 rings (SSSR count). The van der Waals surface area contributed by atoms with E-state index < -0.39 is 0 Å². The van der Waals surface area contributed by atoms with Crippen LogP contribution in [0.25, 0.3) is 0 Å². The molecule has 0 fully saturated rings. The normalized spacial score (nSPS) is 11.5. The first-order valence-electron chi connectivity index (χ1n) is 7.25. The number of carbonyl (C=O) groups excluding carboxylic acids is 1. The van der Waals surface area contributed by atoms with Gasteiger partial charge in [0.15, 0.2) is 11.5 Å². The summed E-state index contributed by atoms with van der Waals surface area (Å²) in [5, 5.41) is 7.13. The first kappa shape index (κ1) is 20.3. The van der Waals surface area contributed by atoms with E-state index in [0.29, 0.717) is 23.6 Å². The molecule has 7 heteroatoms. The van der Waals surface area contributed by atoms with Crippen molar-refractivity contribution in [1.29, 1.82) is 0 Å². The van der Waals surface area contributed by atoms with E-state index in [1.54, 1.807) is 43.8 Å². The number of rotatable bonds is 7. The lowest BCUT2D eigenvalue weighted by Gasteiger charge is -2.24. The first-order chi connectivity index (χ1) is 11.1. The van der Waals surface area contributed by atoms with Crippen molar-refractivity contribution in [3.8, 4) is 11.5 Å². The first-order valence-corrected chi connectivity index (χ1v) is 8.19. The Labute approximate surface area is 153 Å². The van der Waals surface area contributed by atoms with Gasteiger partial charge in [0.25, 0.3) is 5.91 Å². The van der Waals surface area contributed by atoms with Gasteiger partial charge in [0.05, 0.1) is 20.3 Å². The molecular formula is C17H23ClN2O3S. The Morgan fingerprint density at radius 1 is 1.21 bits per heavy atom. The standard InChI is InChI=1S/C17H22N2O3S.ClH/c1-19(2)14(13-7-8-23-11-13)10-18-17(20)12-5-6-15(21-3)16(9-12)22-4;/h5-9,11,14H,10H2,1-4H3,(H,18,20);1H. The number of benzene rings is 1. The smallest absolute Gasteiger partial charge is 0.251 e. The number of carbonyl (C=O) groups is 1. The maximum absolute atomic E-state index is 12.4. The van der Waals surface area contributed by atoms with Gasteiger partial charge in [-0.05, 0) is 54.7 Å². The molecule has 0 bridgehead atoms. The van der Waals surface area contributed by atoms with E-state index in [1.807, 2.05) is 19.5 Å². The minimum absolute atomic E-state index is 0. The van der Waals surface area contributed by atoms with Gasteiger partial charge < -0.3 is 19.7 Å². The van der Waals surface area contributed by atoms with Crippen LogP contribution in [0.2, 0.25) is 0 Å². The Kier molecular flexibility index (Phi) is 8.04. The van der Waals surface area contributed by atoms with Crippen molar-refractivity contribution in [2.75, 3.05) is 34.9 Å². The molecule has 1 aromatic carbocycles. The summed E-state index contributed by atoms with van der Waals surface area (Å²) in [4.78, 5) is 14.5.